The lowest BCUT2D eigenvalue weighted by molar-refractivity contribution is 0.167. The number of benzene rings is 1. The maximum Gasteiger partial charge on any atom is 0.236 e. The molecule has 0 aliphatic heterocycles. The highest BCUT2D eigenvalue weighted by Gasteiger charge is 1.94. The molecule has 0 bridgehead atoms. The predicted molar refractivity (Wildman–Crippen MR) is 47.1 cm³/mol. The standard InChI is InChI=1S/C9H9BO2/c1-7-2-4-8(5-3-7)6-12-9(10)11/h2-5H,6H2,1H3. The molecule has 0 atom stereocenters. The highest BCUT2D eigenvalue weighted by molar-refractivity contribution is 6.55. The maximum absolute atomic E-state index is 10.2. The van der Waals surface area contributed by atoms with Gasteiger partial charge in [0.05, 0.1) is 0 Å². The van der Waals surface area contributed by atoms with Crippen LogP contribution in [0.1, 0.15) is 11.1 Å². The molecular weight excluding hydrogens is 151 g/mol. The second kappa shape index (κ2) is 3.95. The number of hydrogen-bond donors (Lipinski definition) is 0. The van der Waals surface area contributed by atoms with E-state index in [1.54, 1.807) is 0 Å². The van der Waals surface area contributed by atoms with Crippen molar-refractivity contribution in [2.75, 3.05) is 0 Å². The SMILES string of the molecule is [B]C(=O)OCc1ccc(C)cc1. The third-order valence-corrected chi connectivity index (χ3v) is 1.50. The molecule has 0 spiro atoms. The summed E-state index contributed by atoms with van der Waals surface area (Å²) in [6.07, 6.45) is 0. The second-order valence-corrected chi connectivity index (χ2v) is 2.59. The lowest BCUT2D eigenvalue weighted by atomic mass is 10.1. The van der Waals surface area contributed by atoms with Crippen molar-refractivity contribution in [1.29, 1.82) is 0 Å². The summed E-state index contributed by atoms with van der Waals surface area (Å²) in [6.45, 7) is 2.24. The van der Waals surface area contributed by atoms with Gasteiger partial charge in [-0.1, -0.05) is 29.8 Å². The lowest BCUT2D eigenvalue weighted by Gasteiger charge is -2.01. The van der Waals surface area contributed by atoms with Crippen LogP contribution in [0.4, 0.5) is 4.79 Å². The fraction of sp³-hybridized carbons (Fsp3) is 0.222. The zero-order valence-corrected chi connectivity index (χ0v) is 6.91. The summed E-state index contributed by atoms with van der Waals surface area (Å²) in [5.41, 5.74) is 2.12. The average molecular weight is 160 g/mol. The third-order valence-electron chi connectivity index (χ3n) is 1.50. The van der Waals surface area contributed by atoms with Crippen LogP contribution in [0, 0.1) is 6.92 Å². The van der Waals surface area contributed by atoms with E-state index in [0.29, 0.717) is 0 Å². The maximum atomic E-state index is 10.2. The summed E-state index contributed by atoms with van der Waals surface area (Å²) in [7, 11) is 4.81. The smallest absolute Gasteiger partial charge is 0.236 e. The molecule has 12 heavy (non-hydrogen) atoms. The third kappa shape index (κ3) is 2.78. The van der Waals surface area contributed by atoms with Crippen molar-refractivity contribution in [2.45, 2.75) is 13.5 Å². The van der Waals surface area contributed by atoms with Crippen molar-refractivity contribution in [3.63, 3.8) is 0 Å². The van der Waals surface area contributed by atoms with Gasteiger partial charge in [0.15, 0.2) is 0 Å². The molecule has 1 aromatic carbocycles. The molecule has 0 aliphatic carbocycles. The van der Waals surface area contributed by atoms with Gasteiger partial charge in [-0.05, 0) is 12.5 Å². The van der Waals surface area contributed by atoms with Crippen molar-refractivity contribution >= 4 is 13.7 Å². The molecule has 0 aliphatic rings. The Labute approximate surface area is 73.0 Å². The molecule has 0 saturated carbocycles. The Kier molecular flexibility index (Phi) is 2.91. The molecule has 0 saturated heterocycles. The quantitative estimate of drug-likeness (QED) is 0.616. The number of aryl methyl sites for hydroxylation is 1. The molecule has 0 unspecified atom stereocenters. The Bertz CT molecular complexity index is 266. The Morgan fingerprint density at radius 2 is 2.00 bits per heavy atom. The van der Waals surface area contributed by atoms with E-state index in [4.69, 9.17) is 7.85 Å². The van der Waals surface area contributed by atoms with Gasteiger partial charge in [0.1, 0.15) is 6.61 Å². The van der Waals surface area contributed by atoms with Crippen LogP contribution in [0.15, 0.2) is 24.3 Å². The average Bonchev–Trinajstić information content (AvgIpc) is 2.03. The molecule has 60 valence electrons. The molecule has 0 aromatic heterocycles. The topological polar surface area (TPSA) is 26.3 Å². The molecule has 0 N–H and O–H groups in total. The molecule has 3 heteroatoms. The van der Waals surface area contributed by atoms with Crippen LogP contribution in [0.25, 0.3) is 0 Å². The van der Waals surface area contributed by atoms with E-state index in [1.807, 2.05) is 31.2 Å². The first-order chi connectivity index (χ1) is 5.68. The van der Waals surface area contributed by atoms with Crippen LogP contribution >= 0.6 is 0 Å². The first-order valence-electron chi connectivity index (χ1n) is 3.66. The summed E-state index contributed by atoms with van der Waals surface area (Å²) >= 11 is 0. The van der Waals surface area contributed by atoms with E-state index in [1.165, 1.54) is 5.56 Å². The van der Waals surface area contributed by atoms with Gasteiger partial charge >= 0.3 is 0 Å². The van der Waals surface area contributed by atoms with E-state index < -0.39 is 5.87 Å². The van der Waals surface area contributed by atoms with Crippen LogP contribution < -0.4 is 0 Å². The Morgan fingerprint density at radius 3 is 2.50 bits per heavy atom. The summed E-state index contributed by atoms with van der Waals surface area (Å²) in [6, 6.07) is 7.72. The van der Waals surface area contributed by atoms with E-state index in [9.17, 15) is 4.79 Å². The summed E-state index contributed by atoms with van der Waals surface area (Å²) in [4.78, 5) is 10.2. The second-order valence-electron chi connectivity index (χ2n) is 2.59. The van der Waals surface area contributed by atoms with Gasteiger partial charge in [-0.15, -0.1) is 0 Å². The van der Waals surface area contributed by atoms with Crippen LogP contribution in [-0.2, 0) is 11.3 Å². The van der Waals surface area contributed by atoms with Gasteiger partial charge < -0.3 is 4.74 Å². The fourth-order valence-electron chi connectivity index (χ4n) is 0.839. The molecule has 0 fully saturated rings. The van der Waals surface area contributed by atoms with Crippen LogP contribution in [0.2, 0.25) is 0 Å². The van der Waals surface area contributed by atoms with E-state index >= 15 is 0 Å². The number of ether oxygens (including phenoxy) is 1. The first-order valence-corrected chi connectivity index (χ1v) is 3.66. The Balaban J connectivity index is 2.53. The summed E-state index contributed by atoms with van der Waals surface area (Å²) in [5, 5.41) is 0. The normalized spacial score (nSPS) is 9.42. The summed E-state index contributed by atoms with van der Waals surface area (Å²) < 4.78 is 4.61. The lowest BCUT2D eigenvalue weighted by Crippen LogP contribution is -2.00. The number of hydrogen-bond acceptors (Lipinski definition) is 2. The number of rotatable bonds is 2. The van der Waals surface area contributed by atoms with Crippen molar-refractivity contribution in [3.05, 3.63) is 35.4 Å². The molecule has 0 heterocycles. The minimum atomic E-state index is -0.740. The molecule has 0 amide bonds. The largest absolute Gasteiger partial charge is 0.470 e. The van der Waals surface area contributed by atoms with Crippen molar-refractivity contribution in [1.82, 2.24) is 0 Å². The van der Waals surface area contributed by atoms with Gasteiger partial charge in [-0.25, -0.2) is 0 Å². The van der Waals surface area contributed by atoms with Crippen LogP contribution in [0.5, 0.6) is 0 Å². The number of carbonyl (C=O) groups is 1. The molecule has 2 nitrogen and oxygen atoms in total. The molecule has 2 radical (unpaired) electrons. The fourth-order valence-corrected chi connectivity index (χ4v) is 0.839. The zero-order valence-electron chi connectivity index (χ0n) is 6.91. The van der Waals surface area contributed by atoms with Crippen molar-refractivity contribution in [2.24, 2.45) is 0 Å². The highest BCUT2D eigenvalue weighted by Crippen LogP contribution is 2.04. The van der Waals surface area contributed by atoms with Crippen molar-refractivity contribution < 1.29 is 9.53 Å². The van der Waals surface area contributed by atoms with Gasteiger partial charge in [0, 0.05) is 0 Å². The number of carbonyl (C=O) groups excluding carboxylic acids is 1. The van der Waals surface area contributed by atoms with E-state index in [0.717, 1.165) is 5.56 Å². The summed E-state index contributed by atoms with van der Waals surface area (Å²) in [5.74, 6) is -0.740. The Hall–Kier alpha value is -1.25. The van der Waals surface area contributed by atoms with Crippen LogP contribution in [0.3, 0.4) is 0 Å². The highest BCUT2D eigenvalue weighted by atomic mass is 16.5. The first kappa shape index (κ1) is 8.85. The predicted octanol–water partition coefficient (Wildman–Crippen LogP) is 1.80. The van der Waals surface area contributed by atoms with Crippen LogP contribution in [-0.4, -0.2) is 13.7 Å². The van der Waals surface area contributed by atoms with Crippen molar-refractivity contribution in [3.8, 4) is 0 Å². The van der Waals surface area contributed by atoms with Gasteiger partial charge in [0.25, 0.3) is 0 Å². The molecule has 1 rings (SSSR count). The van der Waals surface area contributed by atoms with E-state index in [2.05, 4.69) is 4.74 Å². The van der Waals surface area contributed by atoms with Gasteiger partial charge in [-0.2, -0.15) is 0 Å². The minimum absolute atomic E-state index is 0.246. The molecule has 1 aromatic rings. The minimum Gasteiger partial charge on any atom is -0.470 e. The Morgan fingerprint density at radius 1 is 1.42 bits per heavy atom. The van der Waals surface area contributed by atoms with Gasteiger partial charge in [0.2, 0.25) is 13.7 Å². The van der Waals surface area contributed by atoms with Gasteiger partial charge in [-0.3, -0.25) is 4.79 Å². The molecular formula is C9H9BO2. The zero-order chi connectivity index (χ0) is 8.97. The van der Waals surface area contributed by atoms with E-state index in [-0.39, 0.29) is 6.61 Å². The monoisotopic (exact) mass is 160 g/mol.